The monoisotopic (exact) mass is 321 g/mol. The molecule has 3 nitrogen and oxygen atoms in total. The molecule has 2 aromatic rings. The van der Waals surface area contributed by atoms with Gasteiger partial charge in [-0.05, 0) is 47.4 Å². The summed E-state index contributed by atoms with van der Waals surface area (Å²) in [7, 11) is 0. The number of benzene rings is 2. The Hall–Kier alpha value is -2.16. The van der Waals surface area contributed by atoms with Gasteiger partial charge in [-0.25, -0.2) is 4.79 Å². The first-order valence-corrected chi connectivity index (χ1v) is 8.70. The highest BCUT2D eigenvalue weighted by Gasteiger charge is 2.60. The molecular formula is C21H23NO2. The molecule has 2 aliphatic rings. The van der Waals surface area contributed by atoms with Crippen LogP contribution in [-0.2, 0) is 4.84 Å². The Morgan fingerprint density at radius 2 is 1.88 bits per heavy atom. The maximum absolute atomic E-state index is 12.6. The summed E-state index contributed by atoms with van der Waals surface area (Å²) < 4.78 is 0. The molecule has 0 N–H and O–H groups in total. The highest BCUT2D eigenvalue weighted by Crippen LogP contribution is 2.64. The van der Waals surface area contributed by atoms with Gasteiger partial charge in [0.1, 0.15) is 0 Å². The standard InChI is InChI=1S/C21H23NO2/c1-20(2)15-11-12-21(20,3)18(13-15)22-24-19(23)17-10-6-8-14-7-4-5-9-16(14)17/h4-10,15H,11-13H2,1-3H3/b22-18-/t15-,21+/m1/s1. The fourth-order valence-corrected chi connectivity index (χ4v) is 4.62. The zero-order valence-electron chi connectivity index (χ0n) is 14.5. The van der Waals surface area contributed by atoms with Crippen LogP contribution in [0.15, 0.2) is 47.6 Å². The Morgan fingerprint density at radius 3 is 2.58 bits per heavy atom. The molecule has 0 heterocycles. The number of rotatable bonds is 2. The van der Waals surface area contributed by atoms with Crippen molar-refractivity contribution in [2.24, 2.45) is 21.9 Å². The normalized spacial score (nSPS) is 29.3. The van der Waals surface area contributed by atoms with Gasteiger partial charge in [0, 0.05) is 5.41 Å². The van der Waals surface area contributed by atoms with Crippen molar-refractivity contribution in [1.29, 1.82) is 0 Å². The summed E-state index contributed by atoms with van der Waals surface area (Å²) in [5.74, 6) is 0.279. The molecule has 2 aliphatic carbocycles. The lowest BCUT2D eigenvalue weighted by Gasteiger charge is -2.34. The van der Waals surface area contributed by atoms with E-state index in [1.807, 2.05) is 36.4 Å². The molecular weight excluding hydrogens is 298 g/mol. The van der Waals surface area contributed by atoms with Gasteiger partial charge in [0.25, 0.3) is 0 Å². The molecule has 0 spiro atoms. The van der Waals surface area contributed by atoms with Crippen LogP contribution in [0.1, 0.15) is 50.4 Å². The molecule has 0 aromatic heterocycles. The van der Waals surface area contributed by atoms with E-state index in [9.17, 15) is 4.79 Å². The molecule has 4 rings (SSSR count). The maximum atomic E-state index is 12.6. The first kappa shape index (κ1) is 15.4. The first-order valence-electron chi connectivity index (χ1n) is 8.70. The van der Waals surface area contributed by atoms with Crippen LogP contribution >= 0.6 is 0 Å². The lowest BCUT2D eigenvalue weighted by Crippen LogP contribution is -2.32. The average Bonchev–Trinajstić information content (AvgIpc) is 2.92. The van der Waals surface area contributed by atoms with Crippen molar-refractivity contribution in [3.63, 3.8) is 0 Å². The quantitative estimate of drug-likeness (QED) is 0.563. The van der Waals surface area contributed by atoms with E-state index in [1.54, 1.807) is 6.07 Å². The second-order valence-corrected chi connectivity index (χ2v) is 7.94. The van der Waals surface area contributed by atoms with Crippen molar-refractivity contribution in [1.82, 2.24) is 0 Å². The second kappa shape index (κ2) is 5.17. The van der Waals surface area contributed by atoms with E-state index in [4.69, 9.17) is 4.84 Å². The molecule has 0 aliphatic heterocycles. The lowest BCUT2D eigenvalue weighted by molar-refractivity contribution is 0.0510. The Morgan fingerprint density at radius 1 is 1.12 bits per heavy atom. The molecule has 2 saturated carbocycles. The van der Waals surface area contributed by atoms with Gasteiger partial charge in [0.05, 0.1) is 11.3 Å². The molecule has 0 amide bonds. The van der Waals surface area contributed by atoms with E-state index >= 15 is 0 Å². The molecule has 2 aromatic carbocycles. The molecule has 124 valence electrons. The molecule has 2 atom stereocenters. The van der Waals surface area contributed by atoms with Gasteiger partial charge in [-0.1, -0.05) is 62.3 Å². The molecule has 0 saturated heterocycles. The number of fused-ring (bicyclic) bond motifs is 3. The third-order valence-corrected chi connectivity index (χ3v) is 6.76. The Bertz CT molecular complexity index is 847. The topological polar surface area (TPSA) is 38.7 Å². The maximum Gasteiger partial charge on any atom is 0.366 e. The van der Waals surface area contributed by atoms with Crippen LogP contribution in [0.2, 0.25) is 0 Å². The largest absolute Gasteiger partial charge is 0.366 e. The van der Waals surface area contributed by atoms with E-state index in [0.29, 0.717) is 11.5 Å². The minimum Gasteiger partial charge on any atom is -0.313 e. The van der Waals surface area contributed by atoms with Crippen LogP contribution < -0.4 is 0 Å². The average molecular weight is 321 g/mol. The fraction of sp³-hybridized carbons (Fsp3) is 0.429. The minimum absolute atomic E-state index is 0.0523. The Balaban J connectivity index is 1.62. The van der Waals surface area contributed by atoms with Crippen LogP contribution in [-0.4, -0.2) is 11.7 Å². The summed E-state index contributed by atoms with van der Waals surface area (Å²) in [6.45, 7) is 6.91. The molecule has 2 fully saturated rings. The molecule has 24 heavy (non-hydrogen) atoms. The van der Waals surface area contributed by atoms with E-state index in [0.717, 1.165) is 29.3 Å². The smallest absolute Gasteiger partial charge is 0.313 e. The highest BCUT2D eigenvalue weighted by atomic mass is 16.7. The van der Waals surface area contributed by atoms with Crippen LogP contribution in [0.5, 0.6) is 0 Å². The molecule has 0 radical (unpaired) electrons. The fourth-order valence-electron chi connectivity index (χ4n) is 4.62. The number of oxime groups is 1. The van der Waals surface area contributed by atoms with Crippen LogP contribution in [0.4, 0.5) is 0 Å². The molecule has 3 heteroatoms. The third kappa shape index (κ3) is 2.03. The minimum atomic E-state index is -0.372. The second-order valence-electron chi connectivity index (χ2n) is 7.94. The highest BCUT2D eigenvalue weighted by molar-refractivity contribution is 6.04. The van der Waals surface area contributed by atoms with Gasteiger partial charge in [-0.3, -0.25) is 0 Å². The van der Waals surface area contributed by atoms with Crippen molar-refractivity contribution in [2.75, 3.05) is 0 Å². The van der Waals surface area contributed by atoms with Crippen LogP contribution in [0.3, 0.4) is 0 Å². The SMILES string of the molecule is CC1(C)[C@@H]2CC[C@@]1(C)/C(=N\OC(=O)c1cccc3ccccc13)C2. The summed E-state index contributed by atoms with van der Waals surface area (Å²) in [6, 6.07) is 13.5. The number of carbonyl (C=O) groups excluding carboxylic acids is 1. The third-order valence-electron chi connectivity index (χ3n) is 6.76. The number of hydrogen-bond acceptors (Lipinski definition) is 3. The zero-order valence-corrected chi connectivity index (χ0v) is 14.5. The Kier molecular flexibility index (Phi) is 3.31. The first-order chi connectivity index (χ1) is 11.4. The number of hydrogen-bond donors (Lipinski definition) is 0. The van der Waals surface area contributed by atoms with E-state index < -0.39 is 0 Å². The van der Waals surface area contributed by atoms with Crippen molar-refractivity contribution in [3.8, 4) is 0 Å². The predicted octanol–water partition coefficient (Wildman–Crippen LogP) is 5.20. The molecule has 2 bridgehead atoms. The van der Waals surface area contributed by atoms with Gasteiger partial charge < -0.3 is 4.84 Å². The Labute approximate surface area is 142 Å². The zero-order chi connectivity index (χ0) is 16.9. The number of nitrogens with zero attached hydrogens (tertiary/aromatic N) is 1. The summed E-state index contributed by atoms with van der Waals surface area (Å²) in [4.78, 5) is 17.9. The van der Waals surface area contributed by atoms with Crippen LogP contribution in [0, 0.1) is 16.7 Å². The van der Waals surface area contributed by atoms with E-state index in [1.165, 1.54) is 6.42 Å². The van der Waals surface area contributed by atoms with Gasteiger partial charge in [0.2, 0.25) is 0 Å². The summed E-state index contributed by atoms with van der Waals surface area (Å²) in [5, 5.41) is 6.27. The van der Waals surface area contributed by atoms with Crippen molar-refractivity contribution < 1.29 is 9.63 Å². The van der Waals surface area contributed by atoms with Gasteiger partial charge in [-0.15, -0.1) is 0 Å². The van der Waals surface area contributed by atoms with Crippen molar-refractivity contribution >= 4 is 22.5 Å². The van der Waals surface area contributed by atoms with Crippen LogP contribution in [0.25, 0.3) is 10.8 Å². The van der Waals surface area contributed by atoms with Crippen molar-refractivity contribution in [3.05, 3.63) is 48.0 Å². The van der Waals surface area contributed by atoms with Gasteiger partial charge in [0.15, 0.2) is 0 Å². The van der Waals surface area contributed by atoms with E-state index in [2.05, 4.69) is 25.9 Å². The van der Waals surface area contributed by atoms with Gasteiger partial charge in [-0.2, -0.15) is 0 Å². The lowest BCUT2D eigenvalue weighted by atomic mass is 9.70. The number of carbonyl (C=O) groups is 1. The molecule has 0 unspecified atom stereocenters. The predicted molar refractivity (Wildman–Crippen MR) is 96.0 cm³/mol. The van der Waals surface area contributed by atoms with E-state index in [-0.39, 0.29) is 16.8 Å². The van der Waals surface area contributed by atoms with Crippen molar-refractivity contribution in [2.45, 2.75) is 40.0 Å². The summed E-state index contributed by atoms with van der Waals surface area (Å²) >= 11 is 0. The summed E-state index contributed by atoms with van der Waals surface area (Å²) in [5.41, 5.74) is 1.91. The summed E-state index contributed by atoms with van der Waals surface area (Å²) in [6.07, 6.45) is 3.33. The van der Waals surface area contributed by atoms with Gasteiger partial charge >= 0.3 is 5.97 Å².